The van der Waals surface area contributed by atoms with E-state index in [2.05, 4.69) is 31.9 Å². The van der Waals surface area contributed by atoms with E-state index in [0.29, 0.717) is 31.6 Å². The predicted molar refractivity (Wildman–Crippen MR) is 98.3 cm³/mol. The molecule has 0 fully saturated rings. The molecule has 0 bridgehead atoms. The number of nitrogens with zero attached hydrogens (tertiary/aromatic N) is 2. The summed E-state index contributed by atoms with van der Waals surface area (Å²) >= 11 is 6.62. The molecule has 0 saturated carbocycles. The monoisotopic (exact) mass is 466 g/mol. The van der Waals surface area contributed by atoms with Crippen molar-refractivity contribution in [3.05, 3.63) is 77.7 Å². The van der Waals surface area contributed by atoms with Crippen LogP contribution in [0.4, 0.5) is 11.4 Å². The molecule has 0 spiro atoms. The van der Waals surface area contributed by atoms with Gasteiger partial charge in [0, 0.05) is 44.3 Å². The lowest BCUT2D eigenvalue weighted by atomic mass is 10.1. The van der Waals surface area contributed by atoms with Crippen LogP contribution in [0.15, 0.2) is 61.9 Å². The van der Waals surface area contributed by atoms with Crippen LogP contribution in [0, 0.1) is 20.2 Å². The molecule has 7 nitrogen and oxygen atoms in total. The predicted octanol–water partition coefficient (Wildman–Crippen LogP) is 5.96. The SMILES string of the molecule is O=[N+]([O-])c1ccc(-c2ccc(-c3ccc([N+](=O)[O-])cc3Br)o2)c(Br)c1. The molecule has 0 aliphatic rings. The molecule has 0 atom stereocenters. The van der Waals surface area contributed by atoms with Crippen molar-refractivity contribution in [1.82, 2.24) is 0 Å². The van der Waals surface area contributed by atoms with Gasteiger partial charge in [0.2, 0.25) is 0 Å². The van der Waals surface area contributed by atoms with Crippen molar-refractivity contribution in [2.24, 2.45) is 0 Å². The third-order valence-electron chi connectivity index (χ3n) is 3.46. The highest BCUT2D eigenvalue weighted by Crippen LogP contribution is 2.37. The Morgan fingerprint density at radius 3 is 1.44 bits per heavy atom. The van der Waals surface area contributed by atoms with E-state index in [0.717, 1.165) is 0 Å². The molecule has 0 N–H and O–H groups in total. The van der Waals surface area contributed by atoms with Gasteiger partial charge in [-0.25, -0.2) is 0 Å². The average Bonchev–Trinajstić information content (AvgIpc) is 3.03. The van der Waals surface area contributed by atoms with Gasteiger partial charge in [0.05, 0.1) is 9.85 Å². The zero-order chi connectivity index (χ0) is 18.1. The molecule has 25 heavy (non-hydrogen) atoms. The van der Waals surface area contributed by atoms with Gasteiger partial charge in [-0.1, -0.05) is 0 Å². The van der Waals surface area contributed by atoms with Gasteiger partial charge in [0.25, 0.3) is 11.4 Å². The second-order valence-electron chi connectivity index (χ2n) is 5.01. The van der Waals surface area contributed by atoms with Crippen molar-refractivity contribution in [1.29, 1.82) is 0 Å². The van der Waals surface area contributed by atoms with Gasteiger partial charge < -0.3 is 4.42 Å². The Balaban J connectivity index is 1.98. The summed E-state index contributed by atoms with van der Waals surface area (Å²) in [7, 11) is 0. The molecule has 0 radical (unpaired) electrons. The lowest BCUT2D eigenvalue weighted by Crippen LogP contribution is -1.88. The fourth-order valence-corrected chi connectivity index (χ4v) is 3.39. The zero-order valence-corrected chi connectivity index (χ0v) is 15.5. The van der Waals surface area contributed by atoms with Crippen LogP contribution in [0.2, 0.25) is 0 Å². The van der Waals surface area contributed by atoms with E-state index in [9.17, 15) is 20.2 Å². The number of furan rings is 1. The summed E-state index contributed by atoms with van der Waals surface area (Å²) in [5, 5.41) is 21.6. The Morgan fingerprint density at radius 2 is 1.12 bits per heavy atom. The number of benzene rings is 2. The topological polar surface area (TPSA) is 99.4 Å². The van der Waals surface area contributed by atoms with Gasteiger partial charge >= 0.3 is 0 Å². The normalized spacial score (nSPS) is 10.6. The van der Waals surface area contributed by atoms with Crippen LogP contribution in [0.1, 0.15) is 0 Å². The Bertz CT molecular complexity index is 922. The number of nitro groups is 2. The van der Waals surface area contributed by atoms with Gasteiger partial charge in [-0.05, 0) is 56.1 Å². The fraction of sp³-hybridized carbons (Fsp3) is 0. The van der Waals surface area contributed by atoms with Crippen molar-refractivity contribution in [2.75, 3.05) is 0 Å². The number of halogens is 2. The number of rotatable bonds is 4. The third-order valence-corrected chi connectivity index (χ3v) is 4.78. The molecule has 0 unspecified atom stereocenters. The summed E-state index contributed by atoms with van der Waals surface area (Å²) in [5.41, 5.74) is 1.27. The Hall–Kier alpha value is -2.52. The van der Waals surface area contributed by atoms with Crippen LogP contribution in [0.5, 0.6) is 0 Å². The van der Waals surface area contributed by atoms with Gasteiger partial charge in [-0.15, -0.1) is 0 Å². The Labute approximate surface area is 157 Å². The molecule has 0 aliphatic heterocycles. The zero-order valence-electron chi connectivity index (χ0n) is 12.3. The van der Waals surface area contributed by atoms with E-state index >= 15 is 0 Å². The second kappa shape index (κ2) is 6.77. The van der Waals surface area contributed by atoms with Crippen LogP contribution in [-0.4, -0.2) is 9.85 Å². The fourth-order valence-electron chi connectivity index (χ4n) is 2.26. The molecule has 1 heterocycles. The third kappa shape index (κ3) is 3.47. The van der Waals surface area contributed by atoms with Gasteiger partial charge in [0.1, 0.15) is 11.5 Å². The molecule has 0 amide bonds. The molecular weight excluding hydrogens is 460 g/mol. The van der Waals surface area contributed by atoms with Crippen molar-refractivity contribution in [2.45, 2.75) is 0 Å². The summed E-state index contributed by atoms with van der Waals surface area (Å²) in [6.07, 6.45) is 0. The van der Waals surface area contributed by atoms with E-state index < -0.39 is 9.85 Å². The van der Waals surface area contributed by atoms with Crippen LogP contribution in [0.3, 0.4) is 0 Å². The van der Waals surface area contributed by atoms with E-state index in [1.165, 1.54) is 24.3 Å². The smallest absolute Gasteiger partial charge is 0.270 e. The summed E-state index contributed by atoms with van der Waals surface area (Å²) in [4.78, 5) is 20.7. The van der Waals surface area contributed by atoms with Crippen molar-refractivity contribution >= 4 is 43.2 Å². The van der Waals surface area contributed by atoms with Crippen LogP contribution in [-0.2, 0) is 0 Å². The lowest BCUT2D eigenvalue weighted by Gasteiger charge is -2.03. The molecule has 3 rings (SSSR count). The lowest BCUT2D eigenvalue weighted by molar-refractivity contribution is -0.385. The maximum Gasteiger partial charge on any atom is 0.270 e. The first-order valence-electron chi connectivity index (χ1n) is 6.85. The summed E-state index contributed by atoms with van der Waals surface area (Å²) in [6.45, 7) is 0. The number of non-ortho nitro benzene ring substituents is 2. The van der Waals surface area contributed by atoms with E-state index in [1.54, 1.807) is 24.3 Å². The van der Waals surface area contributed by atoms with E-state index in [4.69, 9.17) is 4.42 Å². The first kappa shape index (κ1) is 17.3. The minimum absolute atomic E-state index is 0.0273. The first-order chi connectivity index (χ1) is 11.9. The van der Waals surface area contributed by atoms with Gasteiger partial charge in [-0.2, -0.15) is 0 Å². The van der Waals surface area contributed by atoms with Crippen LogP contribution < -0.4 is 0 Å². The molecule has 3 aromatic rings. The first-order valence-corrected chi connectivity index (χ1v) is 8.44. The van der Waals surface area contributed by atoms with E-state index in [-0.39, 0.29) is 11.4 Å². The highest BCUT2D eigenvalue weighted by molar-refractivity contribution is 9.11. The molecule has 2 aromatic carbocycles. The summed E-state index contributed by atoms with van der Waals surface area (Å²) in [5.74, 6) is 1.03. The van der Waals surface area contributed by atoms with Crippen LogP contribution >= 0.6 is 31.9 Å². The molecule has 0 saturated heterocycles. The van der Waals surface area contributed by atoms with Gasteiger partial charge in [-0.3, -0.25) is 20.2 Å². The maximum absolute atomic E-state index is 10.8. The number of hydrogen-bond donors (Lipinski definition) is 0. The highest BCUT2D eigenvalue weighted by Gasteiger charge is 2.16. The highest BCUT2D eigenvalue weighted by atomic mass is 79.9. The average molecular weight is 468 g/mol. The largest absolute Gasteiger partial charge is 0.456 e. The summed E-state index contributed by atoms with van der Waals surface area (Å²) in [6, 6.07) is 12.2. The van der Waals surface area contributed by atoms with Crippen molar-refractivity contribution in [3.63, 3.8) is 0 Å². The Kier molecular flexibility index (Phi) is 4.69. The summed E-state index contributed by atoms with van der Waals surface area (Å²) < 4.78 is 6.88. The number of hydrogen-bond acceptors (Lipinski definition) is 5. The molecule has 1 aromatic heterocycles. The standard InChI is InChI=1S/C16H8Br2N2O5/c17-13-7-9(19(21)22)1-3-11(13)15-5-6-16(25-15)12-4-2-10(20(23)24)8-14(12)18/h1-8H. The molecule has 126 valence electrons. The van der Waals surface area contributed by atoms with E-state index in [1.807, 2.05) is 0 Å². The van der Waals surface area contributed by atoms with Gasteiger partial charge in [0.15, 0.2) is 0 Å². The Morgan fingerprint density at radius 1 is 0.720 bits per heavy atom. The molecule has 0 aliphatic carbocycles. The number of nitro benzene ring substituents is 2. The van der Waals surface area contributed by atoms with Crippen LogP contribution in [0.25, 0.3) is 22.6 Å². The quantitative estimate of drug-likeness (QED) is 0.348. The van der Waals surface area contributed by atoms with Crippen molar-refractivity contribution in [3.8, 4) is 22.6 Å². The molecule has 9 heteroatoms. The molecular formula is C16H8Br2N2O5. The minimum Gasteiger partial charge on any atom is -0.456 e. The van der Waals surface area contributed by atoms with Crippen molar-refractivity contribution < 1.29 is 14.3 Å². The second-order valence-corrected chi connectivity index (χ2v) is 6.72. The minimum atomic E-state index is -0.476. The maximum atomic E-state index is 10.8.